The molecule has 13 heavy (non-hydrogen) atoms. The summed E-state index contributed by atoms with van der Waals surface area (Å²) in [5.41, 5.74) is -0.326. The average molecular weight is 249 g/mol. The smallest absolute Gasteiger partial charge is 0.337 e. The first-order chi connectivity index (χ1) is 5.95. The SMILES string of the molecule is O=C(O)c1cc(O)c(O)c(O)c1Br. The predicted octanol–water partition coefficient (Wildman–Crippen LogP) is 1.26. The van der Waals surface area contributed by atoms with Crippen molar-refractivity contribution < 1.29 is 25.2 Å². The fourth-order valence-electron chi connectivity index (χ4n) is 0.777. The van der Waals surface area contributed by atoms with Gasteiger partial charge in [0.25, 0.3) is 0 Å². The lowest BCUT2D eigenvalue weighted by Crippen LogP contribution is -1.97. The van der Waals surface area contributed by atoms with E-state index in [1.807, 2.05) is 0 Å². The molecular formula is C7H5BrO5. The highest BCUT2D eigenvalue weighted by Crippen LogP contribution is 2.42. The lowest BCUT2D eigenvalue weighted by Gasteiger charge is -2.05. The summed E-state index contributed by atoms with van der Waals surface area (Å²) in [5, 5.41) is 35.6. The van der Waals surface area contributed by atoms with E-state index >= 15 is 0 Å². The molecular weight excluding hydrogens is 244 g/mol. The second-order valence-electron chi connectivity index (χ2n) is 2.26. The van der Waals surface area contributed by atoms with E-state index in [9.17, 15) is 4.79 Å². The molecule has 0 aliphatic heterocycles. The van der Waals surface area contributed by atoms with Gasteiger partial charge in [-0.1, -0.05) is 0 Å². The topological polar surface area (TPSA) is 98.0 Å². The van der Waals surface area contributed by atoms with Gasteiger partial charge in [0, 0.05) is 0 Å². The second kappa shape index (κ2) is 3.14. The monoisotopic (exact) mass is 248 g/mol. The van der Waals surface area contributed by atoms with Crippen LogP contribution in [0.4, 0.5) is 0 Å². The number of benzene rings is 1. The third-order valence-electron chi connectivity index (χ3n) is 1.42. The number of hydrogen-bond donors (Lipinski definition) is 4. The largest absolute Gasteiger partial charge is 0.504 e. The fraction of sp³-hybridized carbons (Fsp3) is 0. The zero-order valence-corrected chi connectivity index (χ0v) is 7.74. The van der Waals surface area contributed by atoms with Gasteiger partial charge in [-0.3, -0.25) is 0 Å². The van der Waals surface area contributed by atoms with Gasteiger partial charge in [-0.05, 0) is 22.0 Å². The van der Waals surface area contributed by atoms with E-state index in [1.165, 1.54) is 0 Å². The van der Waals surface area contributed by atoms with E-state index in [0.717, 1.165) is 6.07 Å². The summed E-state index contributed by atoms with van der Waals surface area (Å²) in [7, 11) is 0. The minimum Gasteiger partial charge on any atom is -0.504 e. The lowest BCUT2D eigenvalue weighted by atomic mass is 10.2. The minimum absolute atomic E-state index is 0.171. The Hall–Kier alpha value is -1.43. The number of halogens is 1. The minimum atomic E-state index is -1.32. The van der Waals surface area contributed by atoms with Crippen molar-refractivity contribution in [1.82, 2.24) is 0 Å². The Morgan fingerprint density at radius 1 is 1.23 bits per heavy atom. The van der Waals surface area contributed by atoms with Gasteiger partial charge in [0.2, 0.25) is 5.75 Å². The number of carbonyl (C=O) groups is 1. The number of phenolic OH excluding ortho intramolecular Hbond substituents is 3. The molecule has 0 bridgehead atoms. The number of aromatic carboxylic acids is 1. The Kier molecular flexibility index (Phi) is 2.33. The maximum absolute atomic E-state index is 10.5. The van der Waals surface area contributed by atoms with Gasteiger partial charge in [0.05, 0.1) is 10.0 Å². The van der Waals surface area contributed by atoms with Crippen LogP contribution in [0, 0.1) is 0 Å². The Labute approximate surface area is 81.0 Å². The maximum Gasteiger partial charge on any atom is 0.337 e. The van der Waals surface area contributed by atoms with Crippen LogP contribution in [0.2, 0.25) is 0 Å². The molecule has 0 radical (unpaired) electrons. The Morgan fingerprint density at radius 2 is 1.77 bits per heavy atom. The summed E-state index contributed by atoms with van der Waals surface area (Å²) in [4.78, 5) is 10.5. The molecule has 0 atom stereocenters. The molecule has 4 N–H and O–H groups in total. The van der Waals surface area contributed by atoms with E-state index in [4.69, 9.17) is 20.4 Å². The van der Waals surface area contributed by atoms with Gasteiger partial charge in [-0.15, -0.1) is 0 Å². The number of carboxylic acids is 1. The normalized spacial score (nSPS) is 9.92. The standard InChI is InChI=1S/C7H5BrO5/c8-4-2(7(12)13)1-3(9)5(10)6(4)11/h1,9-11H,(H,12,13). The summed E-state index contributed by atoms with van der Waals surface area (Å²) >= 11 is 2.76. The van der Waals surface area contributed by atoms with Gasteiger partial charge in [-0.25, -0.2) is 4.79 Å². The quantitative estimate of drug-likeness (QED) is 0.561. The molecule has 0 heterocycles. The van der Waals surface area contributed by atoms with Crippen molar-refractivity contribution in [3.8, 4) is 17.2 Å². The van der Waals surface area contributed by atoms with Crippen LogP contribution in [0.1, 0.15) is 10.4 Å². The van der Waals surface area contributed by atoms with Crippen LogP contribution in [-0.2, 0) is 0 Å². The molecule has 70 valence electrons. The molecule has 0 unspecified atom stereocenters. The number of hydrogen-bond acceptors (Lipinski definition) is 4. The van der Waals surface area contributed by atoms with E-state index in [0.29, 0.717) is 0 Å². The van der Waals surface area contributed by atoms with E-state index in [-0.39, 0.29) is 10.0 Å². The number of aromatic hydroxyl groups is 3. The van der Waals surface area contributed by atoms with Gasteiger partial charge in [-0.2, -0.15) is 0 Å². The van der Waals surface area contributed by atoms with E-state index < -0.39 is 23.2 Å². The molecule has 0 saturated carbocycles. The number of carboxylic acid groups (broad SMARTS) is 1. The molecule has 5 nitrogen and oxygen atoms in total. The molecule has 0 saturated heterocycles. The van der Waals surface area contributed by atoms with Gasteiger partial charge in [0.1, 0.15) is 0 Å². The van der Waals surface area contributed by atoms with Crippen LogP contribution >= 0.6 is 15.9 Å². The highest BCUT2D eigenvalue weighted by Gasteiger charge is 2.18. The Bertz CT molecular complexity index is 374. The van der Waals surface area contributed by atoms with Crippen molar-refractivity contribution in [2.24, 2.45) is 0 Å². The molecule has 1 rings (SSSR count). The number of phenols is 3. The molecule has 0 aliphatic carbocycles. The van der Waals surface area contributed by atoms with Crippen molar-refractivity contribution in [1.29, 1.82) is 0 Å². The maximum atomic E-state index is 10.5. The second-order valence-corrected chi connectivity index (χ2v) is 3.05. The van der Waals surface area contributed by atoms with Crippen LogP contribution < -0.4 is 0 Å². The first-order valence-corrected chi connectivity index (χ1v) is 3.91. The third-order valence-corrected chi connectivity index (χ3v) is 2.23. The van der Waals surface area contributed by atoms with Gasteiger partial charge >= 0.3 is 5.97 Å². The molecule has 0 aromatic heterocycles. The summed E-state index contributed by atoms with van der Waals surface area (Å²) < 4.78 is -0.171. The van der Waals surface area contributed by atoms with E-state index in [2.05, 4.69) is 15.9 Å². The van der Waals surface area contributed by atoms with Gasteiger partial charge in [0.15, 0.2) is 11.5 Å². The van der Waals surface area contributed by atoms with Crippen molar-refractivity contribution in [2.45, 2.75) is 0 Å². The summed E-state index contributed by atoms with van der Waals surface area (Å²) in [5.74, 6) is -3.45. The molecule has 6 heteroatoms. The first-order valence-electron chi connectivity index (χ1n) is 3.11. The number of rotatable bonds is 1. The van der Waals surface area contributed by atoms with Crippen molar-refractivity contribution >= 4 is 21.9 Å². The highest BCUT2D eigenvalue weighted by molar-refractivity contribution is 9.10. The molecule has 1 aromatic rings. The highest BCUT2D eigenvalue weighted by atomic mass is 79.9. The van der Waals surface area contributed by atoms with Crippen LogP contribution in [-0.4, -0.2) is 26.4 Å². The lowest BCUT2D eigenvalue weighted by molar-refractivity contribution is 0.0694. The first kappa shape index (κ1) is 9.66. The molecule has 0 fully saturated rings. The summed E-state index contributed by atoms with van der Waals surface area (Å²) in [6, 6.07) is 0.835. The van der Waals surface area contributed by atoms with Gasteiger partial charge < -0.3 is 20.4 Å². The predicted molar refractivity (Wildman–Crippen MR) is 46.1 cm³/mol. The zero-order chi connectivity index (χ0) is 10.2. The average Bonchev–Trinajstić information content (AvgIpc) is 2.07. The van der Waals surface area contributed by atoms with Crippen molar-refractivity contribution in [3.63, 3.8) is 0 Å². The van der Waals surface area contributed by atoms with E-state index in [1.54, 1.807) is 0 Å². The third kappa shape index (κ3) is 1.52. The van der Waals surface area contributed by atoms with Crippen LogP contribution in [0.15, 0.2) is 10.5 Å². The summed E-state index contributed by atoms with van der Waals surface area (Å²) in [6.07, 6.45) is 0. The van der Waals surface area contributed by atoms with Crippen molar-refractivity contribution in [2.75, 3.05) is 0 Å². The molecule has 0 aliphatic rings. The van der Waals surface area contributed by atoms with Crippen LogP contribution in [0.5, 0.6) is 17.2 Å². The van der Waals surface area contributed by atoms with Crippen LogP contribution in [0.3, 0.4) is 0 Å². The fourth-order valence-corrected chi connectivity index (χ4v) is 1.25. The summed E-state index contributed by atoms with van der Waals surface area (Å²) in [6.45, 7) is 0. The Morgan fingerprint density at radius 3 is 2.23 bits per heavy atom. The van der Waals surface area contributed by atoms with Crippen molar-refractivity contribution in [3.05, 3.63) is 16.1 Å². The molecule has 0 amide bonds. The Balaban J connectivity index is 3.50. The zero-order valence-electron chi connectivity index (χ0n) is 6.15. The molecule has 0 spiro atoms. The van der Waals surface area contributed by atoms with Crippen LogP contribution in [0.25, 0.3) is 0 Å². The molecule has 1 aromatic carbocycles.